The van der Waals surface area contributed by atoms with E-state index >= 15 is 0 Å². The Hall–Kier alpha value is -0.410. The van der Waals surface area contributed by atoms with Crippen LogP contribution >= 0.6 is 0 Å². The van der Waals surface area contributed by atoms with E-state index in [1.54, 1.807) is 0 Å². The summed E-state index contributed by atoms with van der Waals surface area (Å²) in [5.74, 6) is 0.445. The molecule has 0 bridgehead atoms. The third-order valence-electron chi connectivity index (χ3n) is 4.19. The summed E-state index contributed by atoms with van der Waals surface area (Å²) in [6.07, 6.45) is 11.4. The van der Waals surface area contributed by atoms with E-state index in [0.29, 0.717) is 17.9 Å². The zero-order chi connectivity index (χ0) is 12.6. The van der Waals surface area contributed by atoms with Gasteiger partial charge in [-0.05, 0) is 51.5 Å². The van der Waals surface area contributed by atoms with Crippen LogP contribution in [0, 0.1) is 0 Å². The zero-order valence-corrected chi connectivity index (χ0v) is 11.5. The summed E-state index contributed by atoms with van der Waals surface area (Å²) in [5.41, 5.74) is 0. The summed E-state index contributed by atoms with van der Waals surface area (Å²) >= 11 is 0. The van der Waals surface area contributed by atoms with Crippen molar-refractivity contribution in [1.29, 1.82) is 0 Å². The first kappa shape index (κ1) is 14.0. The fourth-order valence-electron chi connectivity index (χ4n) is 3.03. The van der Waals surface area contributed by atoms with E-state index in [1.165, 1.54) is 32.1 Å². The van der Waals surface area contributed by atoms with E-state index in [9.17, 15) is 4.79 Å². The van der Waals surface area contributed by atoms with Crippen LogP contribution in [0.15, 0.2) is 0 Å². The highest BCUT2D eigenvalue weighted by molar-refractivity contribution is 5.78. The van der Waals surface area contributed by atoms with E-state index in [4.69, 9.17) is 4.74 Å². The van der Waals surface area contributed by atoms with E-state index in [-0.39, 0.29) is 0 Å². The molecule has 2 heterocycles. The molecule has 0 saturated carbocycles. The van der Waals surface area contributed by atoms with E-state index in [2.05, 4.69) is 5.32 Å². The molecule has 0 radical (unpaired) electrons. The lowest BCUT2D eigenvalue weighted by Gasteiger charge is -2.23. The lowest BCUT2D eigenvalue weighted by molar-refractivity contribution is -0.119. The Kier molecular flexibility index (Phi) is 6.15. The molecule has 0 amide bonds. The van der Waals surface area contributed by atoms with Gasteiger partial charge in [0.15, 0.2) is 0 Å². The van der Waals surface area contributed by atoms with Crippen LogP contribution in [0.3, 0.4) is 0 Å². The van der Waals surface area contributed by atoms with Gasteiger partial charge in [-0.25, -0.2) is 0 Å². The normalized spacial score (nSPS) is 28.4. The van der Waals surface area contributed by atoms with Gasteiger partial charge in [0.1, 0.15) is 5.78 Å². The number of hydrogen-bond acceptors (Lipinski definition) is 3. The summed E-state index contributed by atoms with van der Waals surface area (Å²) in [7, 11) is 0. The zero-order valence-electron chi connectivity index (χ0n) is 11.5. The molecule has 2 unspecified atom stereocenters. The highest BCUT2D eigenvalue weighted by atomic mass is 16.5. The second-order valence-corrected chi connectivity index (χ2v) is 5.75. The van der Waals surface area contributed by atoms with Gasteiger partial charge in [0.2, 0.25) is 0 Å². The van der Waals surface area contributed by atoms with Crippen molar-refractivity contribution in [2.24, 2.45) is 0 Å². The first-order chi connectivity index (χ1) is 8.84. The minimum atomic E-state index is 0.442. The maximum Gasteiger partial charge on any atom is 0.132 e. The van der Waals surface area contributed by atoms with Crippen molar-refractivity contribution in [2.75, 3.05) is 13.2 Å². The molecule has 0 aromatic heterocycles. The number of carbonyl (C=O) groups excluding carboxylic acids is 1. The Labute approximate surface area is 111 Å². The number of ketones is 1. The first-order valence-corrected chi connectivity index (χ1v) is 7.71. The maximum atomic E-state index is 11.8. The topological polar surface area (TPSA) is 38.3 Å². The molecule has 1 N–H and O–H groups in total. The van der Waals surface area contributed by atoms with Crippen LogP contribution in [0.25, 0.3) is 0 Å². The van der Waals surface area contributed by atoms with Crippen molar-refractivity contribution in [1.82, 2.24) is 5.32 Å². The Morgan fingerprint density at radius 1 is 1.11 bits per heavy atom. The molecule has 0 aromatic rings. The predicted molar refractivity (Wildman–Crippen MR) is 72.7 cm³/mol. The number of rotatable bonds is 7. The maximum absolute atomic E-state index is 11.8. The smallest absolute Gasteiger partial charge is 0.132 e. The van der Waals surface area contributed by atoms with Gasteiger partial charge in [0.05, 0.1) is 6.10 Å². The van der Waals surface area contributed by atoms with Gasteiger partial charge < -0.3 is 10.1 Å². The van der Waals surface area contributed by atoms with Gasteiger partial charge in [-0.15, -0.1) is 0 Å². The summed E-state index contributed by atoms with van der Waals surface area (Å²) in [6.45, 7) is 2.06. The van der Waals surface area contributed by atoms with Gasteiger partial charge in [-0.2, -0.15) is 0 Å². The molecule has 2 fully saturated rings. The van der Waals surface area contributed by atoms with Crippen LogP contribution in [-0.4, -0.2) is 31.1 Å². The monoisotopic (exact) mass is 253 g/mol. The standard InChI is InChI=1S/C15H27NO2/c17-14(6-3-7-15-8-4-12-18-15)10-9-13-5-1-2-11-16-13/h13,15-16H,1-12H2. The molecule has 2 atom stereocenters. The predicted octanol–water partition coefficient (Wildman–Crippen LogP) is 2.83. The molecule has 2 saturated heterocycles. The van der Waals surface area contributed by atoms with Crippen LogP contribution in [0.4, 0.5) is 0 Å². The van der Waals surface area contributed by atoms with Crippen molar-refractivity contribution in [3.05, 3.63) is 0 Å². The minimum Gasteiger partial charge on any atom is -0.378 e. The number of piperidine rings is 1. The molecule has 2 aliphatic heterocycles. The van der Waals surface area contributed by atoms with E-state index in [1.807, 2.05) is 0 Å². The highest BCUT2D eigenvalue weighted by Crippen LogP contribution is 2.18. The summed E-state index contributed by atoms with van der Waals surface area (Å²) in [5, 5.41) is 3.50. The van der Waals surface area contributed by atoms with Gasteiger partial charge in [-0.1, -0.05) is 6.42 Å². The molecule has 104 valence electrons. The van der Waals surface area contributed by atoms with Crippen LogP contribution < -0.4 is 5.32 Å². The van der Waals surface area contributed by atoms with Crippen molar-refractivity contribution < 1.29 is 9.53 Å². The SMILES string of the molecule is O=C(CCCC1CCCO1)CCC1CCCCN1. The van der Waals surface area contributed by atoms with E-state index in [0.717, 1.165) is 45.3 Å². The fraction of sp³-hybridized carbons (Fsp3) is 0.933. The third-order valence-corrected chi connectivity index (χ3v) is 4.19. The Morgan fingerprint density at radius 3 is 2.78 bits per heavy atom. The quantitative estimate of drug-likeness (QED) is 0.758. The average Bonchev–Trinajstić information content (AvgIpc) is 2.91. The Morgan fingerprint density at radius 2 is 2.06 bits per heavy atom. The second-order valence-electron chi connectivity index (χ2n) is 5.75. The Bertz CT molecular complexity index is 243. The molecule has 0 aliphatic carbocycles. The van der Waals surface area contributed by atoms with Crippen molar-refractivity contribution in [3.8, 4) is 0 Å². The summed E-state index contributed by atoms with van der Waals surface area (Å²) < 4.78 is 5.57. The molecular weight excluding hydrogens is 226 g/mol. The number of Topliss-reactive ketones (excluding diaryl/α,β-unsaturated/α-hetero) is 1. The van der Waals surface area contributed by atoms with Crippen LogP contribution in [-0.2, 0) is 9.53 Å². The molecule has 18 heavy (non-hydrogen) atoms. The molecular formula is C15H27NO2. The van der Waals surface area contributed by atoms with Crippen molar-refractivity contribution >= 4 is 5.78 Å². The number of ether oxygens (including phenoxy) is 1. The molecule has 3 nitrogen and oxygen atoms in total. The molecule has 0 spiro atoms. The van der Waals surface area contributed by atoms with Gasteiger partial charge >= 0.3 is 0 Å². The number of carbonyl (C=O) groups is 1. The van der Waals surface area contributed by atoms with Gasteiger partial charge in [0, 0.05) is 25.5 Å². The first-order valence-electron chi connectivity index (χ1n) is 7.71. The van der Waals surface area contributed by atoms with Gasteiger partial charge in [0.25, 0.3) is 0 Å². The molecule has 3 heteroatoms. The lowest BCUT2D eigenvalue weighted by atomic mass is 9.98. The van der Waals surface area contributed by atoms with Crippen LogP contribution in [0.5, 0.6) is 0 Å². The second kappa shape index (κ2) is 7.90. The van der Waals surface area contributed by atoms with Crippen LogP contribution in [0.1, 0.15) is 64.2 Å². The fourth-order valence-corrected chi connectivity index (χ4v) is 3.03. The Balaban J connectivity index is 1.49. The van der Waals surface area contributed by atoms with Crippen molar-refractivity contribution in [3.63, 3.8) is 0 Å². The van der Waals surface area contributed by atoms with Crippen molar-refractivity contribution in [2.45, 2.75) is 76.4 Å². The highest BCUT2D eigenvalue weighted by Gasteiger charge is 2.16. The molecule has 2 rings (SSSR count). The molecule has 0 aromatic carbocycles. The van der Waals surface area contributed by atoms with Crippen LogP contribution in [0.2, 0.25) is 0 Å². The number of hydrogen-bond donors (Lipinski definition) is 1. The van der Waals surface area contributed by atoms with E-state index < -0.39 is 0 Å². The summed E-state index contributed by atoms with van der Waals surface area (Å²) in [6, 6.07) is 0.598. The minimum absolute atomic E-state index is 0.442. The third kappa shape index (κ3) is 5.07. The number of nitrogens with one attached hydrogen (secondary N) is 1. The lowest BCUT2D eigenvalue weighted by Crippen LogP contribution is -2.34. The average molecular weight is 253 g/mol. The molecule has 2 aliphatic rings. The van der Waals surface area contributed by atoms with Gasteiger partial charge in [-0.3, -0.25) is 4.79 Å². The summed E-state index contributed by atoms with van der Waals surface area (Å²) in [4.78, 5) is 11.8. The largest absolute Gasteiger partial charge is 0.378 e.